The van der Waals surface area contributed by atoms with Gasteiger partial charge in [0, 0.05) is 18.0 Å². The van der Waals surface area contributed by atoms with Gasteiger partial charge in [0.25, 0.3) is 0 Å². The zero-order valence-corrected chi connectivity index (χ0v) is 11.0. The number of halogens is 1. The molecule has 3 nitrogen and oxygen atoms in total. The predicted molar refractivity (Wildman–Crippen MR) is 76.4 cm³/mol. The molecular formula is C15H12ClN3. The molecule has 3 rings (SSSR count). The largest absolute Gasteiger partial charge is 0.260 e. The van der Waals surface area contributed by atoms with Gasteiger partial charge in [0.05, 0.1) is 23.5 Å². The van der Waals surface area contributed by atoms with E-state index in [1.165, 1.54) is 0 Å². The van der Waals surface area contributed by atoms with Crippen molar-refractivity contribution in [1.29, 1.82) is 0 Å². The van der Waals surface area contributed by atoms with Crippen LogP contribution in [0.5, 0.6) is 0 Å². The minimum Gasteiger partial charge on any atom is -0.260 e. The molecule has 0 aliphatic carbocycles. The van der Waals surface area contributed by atoms with Gasteiger partial charge < -0.3 is 0 Å². The van der Waals surface area contributed by atoms with Crippen molar-refractivity contribution in [3.8, 4) is 16.8 Å². The van der Waals surface area contributed by atoms with Crippen molar-refractivity contribution in [2.24, 2.45) is 0 Å². The number of pyridine rings is 1. The third-order valence-electron chi connectivity index (χ3n) is 2.89. The molecule has 0 amide bonds. The minimum absolute atomic E-state index is 0.403. The summed E-state index contributed by atoms with van der Waals surface area (Å²) in [6.07, 6.45) is 5.61. The number of nitrogens with zero attached hydrogens (tertiary/aromatic N) is 3. The summed E-state index contributed by atoms with van der Waals surface area (Å²) in [5.74, 6) is 0.403. The summed E-state index contributed by atoms with van der Waals surface area (Å²) < 4.78 is 1.83. The van der Waals surface area contributed by atoms with Gasteiger partial charge in [-0.2, -0.15) is 5.10 Å². The van der Waals surface area contributed by atoms with Crippen molar-refractivity contribution in [3.05, 3.63) is 66.7 Å². The second-order valence-corrected chi connectivity index (χ2v) is 4.45. The Kier molecular flexibility index (Phi) is 3.29. The number of benzene rings is 1. The highest BCUT2D eigenvalue weighted by Gasteiger charge is 2.03. The van der Waals surface area contributed by atoms with E-state index < -0.39 is 0 Å². The summed E-state index contributed by atoms with van der Waals surface area (Å²) >= 11 is 5.80. The van der Waals surface area contributed by atoms with Crippen molar-refractivity contribution in [3.63, 3.8) is 0 Å². The molecule has 0 bridgehead atoms. The van der Waals surface area contributed by atoms with Crippen LogP contribution in [0.2, 0.25) is 0 Å². The molecule has 1 aromatic carbocycles. The molecule has 0 fully saturated rings. The first kappa shape index (κ1) is 11.9. The third-order valence-corrected chi connectivity index (χ3v) is 3.17. The Morgan fingerprint density at radius 3 is 2.68 bits per heavy atom. The number of aromatic nitrogens is 3. The molecule has 0 atom stereocenters. The average molecular weight is 270 g/mol. The molecule has 0 spiro atoms. The molecule has 19 heavy (non-hydrogen) atoms. The molecule has 0 unspecified atom stereocenters. The highest BCUT2D eigenvalue weighted by molar-refractivity contribution is 6.16. The molecule has 0 aliphatic rings. The lowest BCUT2D eigenvalue weighted by Gasteiger charge is -2.02. The van der Waals surface area contributed by atoms with Crippen LogP contribution in [0.3, 0.4) is 0 Å². The van der Waals surface area contributed by atoms with E-state index >= 15 is 0 Å². The smallest absolute Gasteiger partial charge is 0.0679 e. The van der Waals surface area contributed by atoms with Crippen LogP contribution in [0, 0.1) is 0 Å². The molecule has 3 aromatic rings. The van der Waals surface area contributed by atoms with E-state index in [9.17, 15) is 0 Å². The minimum atomic E-state index is 0.403. The van der Waals surface area contributed by atoms with E-state index in [-0.39, 0.29) is 0 Å². The summed E-state index contributed by atoms with van der Waals surface area (Å²) in [6.45, 7) is 0. The Labute approximate surface area is 116 Å². The topological polar surface area (TPSA) is 30.7 Å². The van der Waals surface area contributed by atoms with Crippen LogP contribution in [0.1, 0.15) is 5.69 Å². The summed E-state index contributed by atoms with van der Waals surface area (Å²) in [7, 11) is 0. The molecule has 0 N–H and O–H groups in total. The van der Waals surface area contributed by atoms with Gasteiger partial charge in [-0.05, 0) is 17.7 Å². The van der Waals surface area contributed by atoms with E-state index in [1.807, 2.05) is 47.4 Å². The number of rotatable bonds is 3. The Morgan fingerprint density at radius 2 is 1.89 bits per heavy atom. The van der Waals surface area contributed by atoms with Gasteiger partial charge in [0.15, 0.2) is 0 Å². The summed E-state index contributed by atoms with van der Waals surface area (Å²) in [5, 5.41) is 4.38. The van der Waals surface area contributed by atoms with Crippen molar-refractivity contribution in [1.82, 2.24) is 14.8 Å². The van der Waals surface area contributed by atoms with Gasteiger partial charge in [-0.25, -0.2) is 4.68 Å². The molecule has 4 heteroatoms. The summed E-state index contributed by atoms with van der Waals surface area (Å²) in [6, 6.07) is 14.0. The van der Waals surface area contributed by atoms with Crippen LogP contribution in [-0.2, 0) is 5.88 Å². The molecule has 0 aliphatic heterocycles. The second kappa shape index (κ2) is 5.24. The van der Waals surface area contributed by atoms with Crippen LogP contribution in [0.15, 0.2) is 61.1 Å². The molecule has 0 radical (unpaired) electrons. The van der Waals surface area contributed by atoms with Gasteiger partial charge >= 0.3 is 0 Å². The first-order chi connectivity index (χ1) is 9.36. The summed E-state index contributed by atoms with van der Waals surface area (Å²) in [4.78, 5) is 4.18. The van der Waals surface area contributed by atoms with Crippen molar-refractivity contribution < 1.29 is 0 Å². The van der Waals surface area contributed by atoms with E-state index in [0.29, 0.717) is 5.88 Å². The predicted octanol–water partition coefficient (Wildman–Crippen LogP) is 3.67. The van der Waals surface area contributed by atoms with E-state index in [0.717, 1.165) is 22.5 Å². The maximum absolute atomic E-state index is 5.80. The lowest BCUT2D eigenvalue weighted by Crippen LogP contribution is -1.96. The third kappa shape index (κ3) is 2.51. The Morgan fingerprint density at radius 1 is 1.05 bits per heavy atom. The molecule has 2 heterocycles. The van der Waals surface area contributed by atoms with Crippen LogP contribution in [0.25, 0.3) is 16.8 Å². The maximum atomic E-state index is 5.80. The molecule has 94 valence electrons. The van der Waals surface area contributed by atoms with Gasteiger partial charge in [-0.15, -0.1) is 11.6 Å². The monoisotopic (exact) mass is 269 g/mol. The fourth-order valence-electron chi connectivity index (χ4n) is 1.92. The zero-order chi connectivity index (χ0) is 13.1. The van der Waals surface area contributed by atoms with E-state index in [4.69, 9.17) is 11.6 Å². The second-order valence-electron chi connectivity index (χ2n) is 4.18. The maximum Gasteiger partial charge on any atom is 0.0679 e. The number of alkyl halides is 1. The van der Waals surface area contributed by atoms with Crippen molar-refractivity contribution in [2.45, 2.75) is 5.88 Å². The molecule has 0 saturated heterocycles. The first-order valence-electron chi connectivity index (χ1n) is 5.98. The van der Waals surface area contributed by atoms with E-state index in [1.54, 1.807) is 6.20 Å². The number of hydrogen-bond acceptors (Lipinski definition) is 2. The fraction of sp³-hybridized carbons (Fsp3) is 0.0667. The highest BCUT2D eigenvalue weighted by atomic mass is 35.5. The van der Waals surface area contributed by atoms with Gasteiger partial charge in [-0.3, -0.25) is 4.98 Å². The quantitative estimate of drug-likeness (QED) is 0.679. The van der Waals surface area contributed by atoms with Crippen molar-refractivity contribution in [2.75, 3.05) is 0 Å². The van der Waals surface area contributed by atoms with E-state index in [2.05, 4.69) is 22.2 Å². The lowest BCUT2D eigenvalue weighted by atomic mass is 10.1. The van der Waals surface area contributed by atoms with Crippen LogP contribution in [0.4, 0.5) is 0 Å². The first-order valence-corrected chi connectivity index (χ1v) is 6.51. The standard InChI is InChI=1S/C15H12ClN3/c16-9-14-8-15(6-7-17-14)19-11-13(10-18-19)12-4-2-1-3-5-12/h1-8,10-11H,9H2. The van der Waals surface area contributed by atoms with Crippen molar-refractivity contribution >= 4 is 11.6 Å². The van der Waals surface area contributed by atoms with Crippen LogP contribution < -0.4 is 0 Å². The molecule has 0 saturated carbocycles. The Hall–Kier alpha value is -2.13. The normalized spacial score (nSPS) is 10.6. The Bertz CT molecular complexity index is 677. The van der Waals surface area contributed by atoms with Gasteiger partial charge in [-0.1, -0.05) is 30.3 Å². The molecular weight excluding hydrogens is 258 g/mol. The lowest BCUT2D eigenvalue weighted by molar-refractivity contribution is 0.874. The van der Waals surface area contributed by atoms with Gasteiger partial charge in [0.1, 0.15) is 0 Å². The fourth-order valence-corrected chi connectivity index (χ4v) is 2.07. The molecule has 2 aromatic heterocycles. The van der Waals surface area contributed by atoms with Gasteiger partial charge in [0.2, 0.25) is 0 Å². The average Bonchev–Trinajstić information content (AvgIpc) is 2.98. The SMILES string of the molecule is ClCc1cc(-n2cc(-c3ccccc3)cn2)ccn1. The zero-order valence-electron chi connectivity index (χ0n) is 10.2. The summed E-state index contributed by atoms with van der Waals surface area (Å²) in [5.41, 5.74) is 4.05. The van der Waals surface area contributed by atoms with Crippen LogP contribution in [-0.4, -0.2) is 14.8 Å². The number of hydrogen-bond donors (Lipinski definition) is 0. The van der Waals surface area contributed by atoms with Crippen LogP contribution >= 0.6 is 11.6 Å². The Balaban J connectivity index is 1.97. The highest BCUT2D eigenvalue weighted by Crippen LogP contribution is 2.19.